The molecule has 0 saturated carbocycles. The first-order chi connectivity index (χ1) is 10.1. The molecule has 0 aliphatic rings. The number of nitrogens with one attached hydrogen (secondary N) is 1. The summed E-state index contributed by atoms with van der Waals surface area (Å²) in [4.78, 5) is 26.2. The molecule has 0 atom stereocenters. The zero-order chi connectivity index (χ0) is 15.2. The number of nitrogens with two attached hydrogens (primary N) is 1. The van der Waals surface area contributed by atoms with Gasteiger partial charge in [-0.1, -0.05) is 23.9 Å². The van der Waals surface area contributed by atoms with Crippen LogP contribution in [-0.2, 0) is 4.79 Å². The van der Waals surface area contributed by atoms with E-state index in [1.807, 2.05) is 41.2 Å². The highest BCUT2D eigenvalue weighted by Gasteiger charge is 2.08. The molecule has 6 nitrogen and oxygen atoms in total. The van der Waals surface area contributed by atoms with Gasteiger partial charge in [0, 0.05) is 30.3 Å². The van der Waals surface area contributed by atoms with E-state index in [-0.39, 0.29) is 12.3 Å². The third kappa shape index (κ3) is 4.35. The topological polar surface area (TPSA) is 90.0 Å². The lowest BCUT2D eigenvalue weighted by Gasteiger charge is -2.08. The Bertz CT molecular complexity index is 654. The zero-order valence-corrected chi connectivity index (χ0v) is 12.4. The summed E-state index contributed by atoms with van der Waals surface area (Å²) in [5.74, 6) is 0.130. The highest BCUT2D eigenvalue weighted by molar-refractivity contribution is 7.99. The third-order valence-corrected chi connectivity index (χ3v) is 3.68. The minimum absolute atomic E-state index is 0.203. The van der Waals surface area contributed by atoms with E-state index in [1.54, 1.807) is 6.20 Å². The van der Waals surface area contributed by atoms with Gasteiger partial charge in [0.05, 0.1) is 0 Å². The fourth-order valence-corrected chi connectivity index (χ4v) is 2.72. The Morgan fingerprint density at radius 3 is 2.95 bits per heavy atom. The second-order valence-electron chi connectivity index (χ2n) is 4.43. The molecule has 0 bridgehead atoms. The highest BCUT2D eigenvalue weighted by Crippen LogP contribution is 2.21. The van der Waals surface area contributed by atoms with Gasteiger partial charge in [-0.3, -0.25) is 14.7 Å². The van der Waals surface area contributed by atoms with Crippen LogP contribution in [0.5, 0.6) is 0 Å². The van der Waals surface area contributed by atoms with Crippen LogP contribution in [0, 0.1) is 6.92 Å². The number of rotatable bonds is 5. The first kappa shape index (κ1) is 15.1. The van der Waals surface area contributed by atoms with Crippen molar-refractivity contribution < 1.29 is 9.59 Å². The molecule has 7 heteroatoms. The van der Waals surface area contributed by atoms with Gasteiger partial charge < -0.3 is 5.73 Å². The summed E-state index contributed by atoms with van der Waals surface area (Å²) in [5.41, 5.74) is 7.07. The lowest BCUT2D eigenvalue weighted by Crippen LogP contribution is -2.35. The molecule has 0 aliphatic heterocycles. The van der Waals surface area contributed by atoms with Gasteiger partial charge in [0.2, 0.25) is 5.91 Å². The molecule has 0 unspecified atom stereocenters. The SMILES string of the molecule is Cc1cccc(-n2ccnc2SCCC(=O)NC(N)=O)c1. The van der Waals surface area contributed by atoms with Crippen molar-refractivity contribution in [3.05, 3.63) is 42.2 Å². The summed E-state index contributed by atoms with van der Waals surface area (Å²) in [5, 5.41) is 2.83. The van der Waals surface area contributed by atoms with Crippen molar-refractivity contribution in [2.75, 3.05) is 5.75 Å². The highest BCUT2D eigenvalue weighted by atomic mass is 32.2. The van der Waals surface area contributed by atoms with E-state index in [0.29, 0.717) is 5.75 Å². The molecule has 3 amide bonds. The number of aryl methyl sites for hydroxylation is 1. The molecule has 1 aromatic heterocycles. The van der Waals surface area contributed by atoms with Crippen molar-refractivity contribution in [3.63, 3.8) is 0 Å². The number of thioether (sulfide) groups is 1. The number of benzene rings is 1. The van der Waals surface area contributed by atoms with Gasteiger partial charge in [-0.15, -0.1) is 0 Å². The Balaban J connectivity index is 1.98. The van der Waals surface area contributed by atoms with Gasteiger partial charge >= 0.3 is 6.03 Å². The lowest BCUT2D eigenvalue weighted by atomic mass is 10.2. The van der Waals surface area contributed by atoms with Gasteiger partial charge in [0.1, 0.15) is 0 Å². The van der Waals surface area contributed by atoms with Crippen molar-refractivity contribution in [1.82, 2.24) is 14.9 Å². The Kier molecular flexibility index (Phi) is 4.99. The summed E-state index contributed by atoms with van der Waals surface area (Å²) < 4.78 is 1.96. The van der Waals surface area contributed by atoms with Crippen LogP contribution in [0.3, 0.4) is 0 Å². The van der Waals surface area contributed by atoms with Crippen LogP contribution >= 0.6 is 11.8 Å². The Hall–Kier alpha value is -2.28. The molecule has 0 fully saturated rings. The molecule has 2 aromatic rings. The molecule has 2 rings (SSSR count). The number of nitrogens with zero attached hydrogens (tertiary/aromatic N) is 2. The molecule has 0 aliphatic carbocycles. The molecule has 3 N–H and O–H groups in total. The number of carbonyl (C=O) groups is 2. The maximum atomic E-state index is 11.3. The smallest absolute Gasteiger partial charge is 0.318 e. The van der Waals surface area contributed by atoms with E-state index in [9.17, 15) is 9.59 Å². The van der Waals surface area contributed by atoms with Crippen LogP contribution in [0.1, 0.15) is 12.0 Å². The third-order valence-electron chi connectivity index (χ3n) is 2.71. The summed E-state index contributed by atoms with van der Waals surface area (Å²) >= 11 is 1.45. The van der Waals surface area contributed by atoms with E-state index >= 15 is 0 Å². The average molecular weight is 304 g/mol. The summed E-state index contributed by atoms with van der Waals surface area (Å²) in [7, 11) is 0. The average Bonchev–Trinajstić information content (AvgIpc) is 2.86. The molecule has 1 aromatic carbocycles. The molecule has 21 heavy (non-hydrogen) atoms. The van der Waals surface area contributed by atoms with Gasteiger partial charge in [-0.25, -0.2) is 9.78 Å². The normalized spacial score (nSPS) is 10.3. The van der Waals surface area contributed by atoms with Crippen LogP contribution in [0.15, 0.2) is 41.8 Å². The van der Waals surface area contributed by atoms with Crippen molar-refractivity contribution in [1.29, 1.82) is 0 Å². The quantitative estimate of drug-likeness (QED) is 0.825. The van der Waals surface area contributed by atoms with Crippen LogP contribution < -0.4 is 11.1 Å². The minimum Gasteiger partial charge on any atom is -0.351 e. The minimum atomic E-state index is -0.828. The lowest BCUT2D eigenvalue weighted by molar-refractivity contribution is -0.119. The van der Waals surface area contributed by atoms with E-state index in [0.717, 1.165) is 16.4 Å². The number of hydrogen-bond donors (Lipinski definition) is 2. The van der Waals surface area contributed by atoms with Gasteiger partial charge in [0.25, 0.3) is 0 Å². The van der Waals surface area contributed by atoms with Gasteiger partial charge in [-0.2, -0.15) is 0 Å². The maximum Gasteiger partial charge on any atom is 0.318 e. The predicted octanol–water partition coefficient (Wildman–Crippen LogP) is 1.86. The predicted molar refractivity (Wildman–Crippen MR) is 81.4 cm³/mol. The number of imide groups is 1. The number of primary amides is 1. The number of imidazole rings is 1. The second-order valence-corrected chi connectivity index (χ2v) is 5.49. The largest absolute Gasteiger partial charge is 0.351 e. The van der Waals surface area contributed by atoms with Crippen LogP contribution in [0.25, 0.3) is 5.69 Å². The number of hydrogen-bond acceptors (Lipinski definition) is 4. The Morgan fingerprint density at radius 1 is 1.43 bits per heavy atom. The van der Waals surface area contributed by atoms with Gasteiger partial charge in [0.15, 0.2) is 5.16 Å². The second kappa shape index (κ2) is 6.94. The van der Waals surface area contributed by atoms with E-state index in [2.05, 4.69) is 11.1 Å². The van der Waals surface area contributed by atoms with Crippen molar-refractivity contribution in [2.24, 2.45) is 5.73 Å². The van der Waals surface area contributed by atoms with Crippen LogP contribution in [0.2, 0.25) is 0 Å². The fraction of sp³-hybridized carbons (Fsp3) is 0.214. The maximum absolute atomic E-state index is 11.3. The number of urea groups is 1. The zero-order valence-electron chi connectivity index (χ0n) is 11.6. The molecule has 0 radical (unpaired) electrons. The Labute approximate surface area is 126 Å². The van der Waals surface area contributed by atoms with E-state index < -0.39 is 6.03 Å². The monoisotopic (exact) mass is 304 g/mol. The molecule has 0 saturated heterocycles. The van der Waals surface area contributed by atoms with Crippen molar-refractivity contribution >= 4 is 23.7 Å². The molecular weight excluding hydrogens is 288 g/mol. The molecule has 0 spiro atoms. The van der Waals surface area contributed by atoms with E-state index in [4.69, 9.17) is 5.73 Å². The van der Waals surface area contributed by atoms with Crippen molar-refractivity contribution in [3.8, 4) is 5.69 Å². The molecular formula is C14H16N4O2S. The summed E-state index contributed by atoms with van der Waals surface area (Å²) in [6.07, 6.45) is 3.79. The van der Waals surface area contributed by atoms with Crippen LogP contribution in [0.4, 0.5) is 4.79 Å². The van der Waals surface area contributed by atoms with E-state index in [1.165, 1.54) is 11.8 Å². The summed E-state index contributed by atoms with van der Waals surface area (Å²) in [6, 6.07) is 7.25. The first-order valence-corrected chi connectivity index (χ1v) is 7.37. The van der Waals surface area contributed by atoms with Crippen LogP contribution in [-0.4, -0.2) is 27.2 Å². The van der Waals surface area contributed by atoms with Gasteiger partial charge in [-0.05, 0) is 24.6 Å². The fourth-order valence-electron chi connectivity index (χ4n) is 1.81. The van der Waals surface area contributed by atoms with Crippen molar-refractivity contribution in [2.45, 2.75) is 18.5 Å². The number of amides is 3. The number of aromatic nitrogens is 2. The Morgan fingerprint density at radius 2 is 2.24 bits per heavy atom. The standard InChI is InChI=1S/C14H16N4O2S/c1-10-3-2-4-11(9-10)18-7-6-16-14(18)21-8-5-12(19)17-13(15)20/h2-4,6-7,9H,5,8H2,1H3,(H3,15,17,19,20). The molecule has 1 heterocycles. The summed E-state index contributed by atoms with van der Waals surface area (Å²) in [6.45, 7) is 2.03. The molecule has 110 valence electrons. The number of carbonyl (C=O) groups excluding carboxylic acids is 2. The first-order valence-electron chi connectivity index (χ1n) is 6.39.